The molecule has 0 radical (unpaired) electrons. The highest BCUT2D eigenvalue weighted by molar-refractivity contribution is 4.89. The smallest absolute Gasteiger partial charge is 0.0636 e. The molecular weight excluding hydrogens is 114 g/mol. The van der Waals surface area contributed by atoms with E-state index in [2.05, 4.69) is 12.2 Å². The maximum absolute atomic E-state index is 8.85. The summed E-state index contributed by atoms with van der Waals surface area (Å²) in [6, 6.07) is 0.694. The van der Waals surface area contributed by atoms with Crippen LogP contribution in [0.25, 0.3) is 0 Å². The lowest BCUT2D eigenvalue weighted by molar-refractivity contribution is 0.190. The second-order valence-corrected chi connectivity index (χ2v) is 3.08. The minimum atomic E-state index is -0.196. The fourth-order valence-corrected chi connectivity index (χ4v) is 0.928. The zero-order valence-electron chi connectivity index (χ0n) is 6.09. The van der Waals surface area contributed by atoms with Crippen LogP contribution in [0.2, 0.25) is 0 Å². The Morgan fingerprint density at radius 3 is 2.67 bits per heavy atom. The van der Waals surface area contributed by atoms with E-state index in [4.69, 9.17) is 5.11 Å². The first-order valence-corrected chi connectivity index (χ1v) is 3.61. The van der Waals surface area contributed by atoms with Crippen molar-refractivity contribution in [2.24, 2.45) is 5.92 Å². The van der Waals surface area contributed by atoms with Crippen LogP contribution in [0.3, 0.4) is 0 Å². The fraction of sp³-hybridized carbons (Fsp3) is 1.00. The molecule has 1 aliphatic rings. The topological polar surface area (TPSA) is 32.3 Å². The second-order valence-electron chi connectivity index (χ2n) is 3.08. The molecule has 0 bridgehead atoms. The highest BCUT2D eigenvalue weighted by Crippen LogP contribution is 2.28. The van der Waals surface area contributed by atoms with Crippen LogP contribution in [0.1, 0.15) is 20.3 Å². The average molecular weight is 129 g/mol. The van der Waals surface area contributed by atoms with Gasteiger partial charge in [-0.05, 0) is 19.3 Å². The van der Waals surface area contributed by atoms with Crippen molar-refractivity contribution in [3.63, 3.8) is 0 Å². The van der Waals surface area contributed by atoms with Crippen molar-refractivity contribution in [1.29, 1.82) is 0 Å². The van der Waals surface area contributed by atoms with Gasteiger partial charge in [-0.3, -0.25) is 0 Å². The zero-order chi connectivity index (χ0) is 6.85. The van der Waals surface area contributed by atoms with Crippen molar-refractivity contribution in [3.8, 4) is 0 Å². The van der Waals surface area contributed by atoms with Gasteiger partial charge in [0, 0.05) is 12.6 Å². The molecule has 3 atom stereocenters. The van der Waals surface area contributed by atoms with E-state index in [-0.39, 0.29) is 6.10 Å². The monoisotopic (exact) mass is 129 g/mol. The summed E-state index contributed by atoms with van der Waals surface area (Å²) in [5, 5.41) is 12.1. The van der Waals surface area contributed by atoms with Crippen molar-refractivity contribution in [3.05, 3.63) is 0 Å². The molecule has 1 aliphatic carbocycles. The van der Waals surface area contributed by atoms with Gasteiger partial charge in [0.05, 0.1) is 6.10 Å². The maximum atomic E-state index is 8.85. The van der Waals surface area contributed by atoms with E-state index in [1.807, 2.05) is 0 Å². The Balaban J connectivity index is 1.94. The van der Waals surface area contributed by atoms with Gasteiger partial charge in [-0.1, -0.05) is 6.92 Å². The number of aliphatic hydroxyl groups is 1. The van der Waals surface area contributed by atoms with Crippen molar-refractivity contribution in [1.82, 2.24) is 5.32 Å². The van der Waals surface area contributed by atoms with E-state index in [0.717, 1.165) is 12.5 Å². The van der Waals surface area contributed by atoms with Crippen LogP contribution < -0.4 is 5.32 Å². The predicted octanol–water partition coefficient (Wildman–Crippen LogP) is 0.365. The van der Waals surface area contributed by atoms with Gasteiger partial charge >= 0.3 is 0 Å². The Morgan fingerprint density at radius 2 is 2.33 bits per heavy atom. The molecule has 9 heavy (non-hydrogen) atoms. The van der Waals surface area contributed by atoms with E-state index in [1.165, 1.54) is 6.42 Å². The number of rotatable bonds is 3. The summed E-state index contributed by atoms with van der Waals surface area (Å²) in [5.74, 6) is 0.837. The maximum Gasteiger partial charge on any atom is 0.0636 e. The first-order valence-electron chi connectivity index (χ1n) is 3.61. The molecule has 1 rings (SSSR count). The average Bonchev–Trinajstić information content (AvgIpc) is 2.42. The van der Waals surface area contributed by atoms with Gasteiger partial charge < -0.3 is 10.4 Å². The van der Waals surface area contributed by atoms with E-state index in [0.29, 0.717) is 6.04 Å². The van der Waals surface area contributed by atoms with Crippen molar-refractivity contribution >= 4 is 0 Å². The summed E-state index contributed by atoms with van der Waals surface area (Å²) in [5.41, 5.74) is 0. The molecule has 54 valence electrons. The van der Waals surface area contributed by atoms with Crippen molar-refractivity contribution in [2.45, 2.75) is 32.4 Å². The lowest BCUT2D eigenvalue weighted by Crippen LogP contribution is -2.26. The summed E-state index contributed by atoms with van der Waals surface area (Å²) >= 11 is 0. The van der Waals surface area contributed by atoms with Gasteiger partial charge in [0.15, 0.2) is 0 Å². The standard InChI is InChI=1S/C7H15NO/c1-5-3-7(5)8-4-6(2)9/h5-9H,3-4H2,1-2H3. The molecule has 1 fully saturated rings. The first kappa shape index (κ1) is 7.03. The number of hydrogen-bond donors (Lipinski definition) is 2. The molecule has 2 heteroatoms. The summed E-state index contributed by atoms with van der Waals surface area (Å²) in [6.45, 7) is 4.77. The second kappa shape index (κ2) is 2.67. The summed E-state index contributed by atoms with van der Waals surface area (Å²) in [4.78, 5) is 0. The third-order valence-electron chi connectivity index (χ3n) is 1.78. The van der Waals surface area contributed by atoms with Gasteiger partial charge in [-0.15, -0.1) is 0 Å². The van der Waals surface area contributed by atoms with Crippen LogP contribution >= 0.6 is 0 Å². The number of hydrogen-bond acceptors (Lipinski definition) is 2. The van der Waals surface area contributed by atoms with E-state index < -0.39 is 0 Å². The highest BCUT2D eigenvalue weighted by Gasteiger charge is 2.31. The van der Waals surface area contributed by atoms with Gasteiger partial charge in [0.25, 0.3) is 0 Å². The SMILES string of the molecule is CC(O)CNC1CC1C. The first-order chi connectivity index (χ1) is 4.20. The molecule has 0 aromatic heterocycles. The highest BCUT2D eigenvalue weighted by atomic mass is 16.3. The number of nitrogens with one attached hydrogen (secondary N) is 1. The normalized spacial score (nSPS) is 36.3. The molecule has 0 aliphatic heterocycles. The molecule has 2 N–H and O–H groups in total. The van der Waals surface area contributed by atoms with Gasteiger partial charge in [-0.25, -0.2) is 0 Å². The van der Waals surface area contributed by atoms with Crippen LogP contribution in [0, 0.1) is 5.92 Å². The lowest BCUT2D eigenvalue weighted by Gasteiger charge is -2.04. The third kappa shape index (κ3) is 2.33. The fourth-order valence-electron chi connectivity index (χ4n) is 0.928. The van der Waals surface area contributed by atoms with Crippen molar-refractivity contribution < 1.29 is 5.11 Å². The summed E-state index contributed by atoms with van der Waals surface area (Å²) in [7, 11) is 0. The Hall–Kier alpha value is -0.0800. The lowest BCUT2D eigenvalue weighted by atomic mass is 10.4. The third-order valence-corrected chi connectivity index (χ3v) is 1.78. The van der Waals surface area contributed by atoms with Crippen LogP contribution in [-0.2, 0) is 0 Å². The molecule has 0 saturated heterocycles. The quantitative estimate of drug-likeness (QED) is 0.577. The zero-order valence-corrected chi connectivity index (χ0v) is 6.09. The minimum absolute atomic E-state index is 0.196. The summed E-state index contributed by atoms with van der Waals surface area (Å²) in [6.07, 6.45) is 1.09. The van der Waals surface area contributed by atoms with Crippen molar-refractivity contribution in [2.75, 3.05) is 6.54 Å². The van der Waals surface area contributed by atoms with Crippen LogP contribution in [0.15, 0.2) is 0 Å². The molecule has 3 unspecified atom stereocenters. The Labute approximate surface area is 56.3 Å². The number of aliphatic hydroxyl groups excluding tert-OH is 1. The molecule has 0 spiro atoms. The largest absolute Gasteiger partial charge is 0.392 e. The molecule has 0 amide bonds. The molecule has 0 heterocycles. The van der Waals surface area contributed by atoms with Gasteiger partial charge in [-0.2, -0.15) is 0 Å². The molecular formula is C7H15NO. The molecule has 0 aromatic rings. The molecule has 2 nitrogen and oxygen atoms in total. The Bertz CT molecular complexity index is 92.9. The minimum Gasteiger partial charge on any atom is -0.392 e. The van der Waals surface area contributed by atoms with E-state index in [9.17, 15) is 0 Å². The van der Waals surface area contributed by atoms with Gasteiger partial charge in [0.2, 0.25) is 0 Å². The van der Waals surface area contributed by atoms with Crippen LogP contribution in [0.4, 0.5) is 0 Å². The predicted molar refractivity (Wildman–Crippen MR) is 37.3 cm³/mol. The van der Waals surface area contributed by atoms with Crippen LogP contribution in [-0.4, -0.2) is 23.8 Å². The van der Waals surface area contributed by atoms with E-state index >= 15 is 0 Å². The molecule has 1 saturated carbocycles. The summed E-state index contributed by atoms with van der Waals surface area (Å²) < 4.78 is 0. The van der Waals surface area contributed by atoms with Crippen LogP contribution in [0.5, 0.6) is 0 Å². The molecule has 0 aromatic carbocycles. The van der Waals surface area contributed by atoms with Gasteiger partial charge in [0.1, 0.15) is 0 Å². The van der Waals surface area contributed by atoms with E-state index in [1.54, 1.807) is 6.92 Å². The Morgan fingerprint density at radius 1 is 1.78 bits per heavy atom. The Kier molecular flexibility index (Phi) is 2.09.